The van der Waals surface area contributed by atoms with Gasteiger partial charge in [-0.1, -0.05) is 48.5 Å². The molecule has 5 heteroatoms. The SMILES string of the molecule is Cc1cc(NNC(=O)c2ccccc2)nc(Cc2ccccc2)n1. The van der Waals surface area contributed by atoms with E-state index in [0.29, 0.717) is 23.6 Å². The van der Waals surface area contributed by atoms with Gasteiger partial charge >= 0.3 is 0 Å². The highest BCUT2D eigenvalue weighted by Crippen LogP contribution is 2.10. The van der Waals surface area contributed by atoms with Crippen molar-refractivity contribution in [1.29, 1.82) is 0 Å². The van der Waals surface area contributed by atoms with E-state index in [2.05, 4.69) is 20.8 Å². The molecular formula is C19H18N4O. The van der Waals surface area contributed by atoms with Crippen molar-refractivity contribution in [1.82, 2.24) is 15.4 Å². The smallest absolute Gasteiger partial charge is 0.269 e. The van der Waals surface area contributed by atoms with Gasteiger partial charge in [-0.3, -0.25) is 15.6 Å². The molecule has 0 fully saturated rings. The van der Waals surface area contributed by atoms with E-state index in [1.807, 2.05) is 55.5 Å². The fourth-order valence-corrected chi connectivity index (χ4v) is 2.33. The lowest BCUT2D eigenvalue weighted by Crippen LogP contribution is -2.30. The van der Waals surface area contributed by atoms with Crippen LogP contribution < -0.4 is 10.9 Å². The van der Waals surface area contributed by atoms with Gasteiger partial charge in [0.1, 0.15) is 11.6 Å². The molecule has 3 rings (SSSR count). The van der Waals surface area contributed by atoms with Gasteiger partial charge in [0, 0.05) is 23.7 Å². The summed E-state index contributed by atoms with van der Waals surface area (Å²) >= 11 is 0. The van der Waals surface area contributed by atoms with E-state index in [0.717, 1.165) is 11.3 Å². The number of carbonyl (C=O) groups is 1. The van der Waals surface area contributed by atoms with E-state index in [1.165, 1.54) is 0 Å². The van der Waals surface area contributed by atoms with E-state index in [4.69, 9.17) is 0 Å². The van der Waals surface area contributed by atoms with Gasteiger partial charge in [-0.05, 0) is 24.6 Å². The van der Waals surface area contributed by atoms with Gasteiger partial charge in [-0.2, -0.15) is 0 Å². The number of aromatic nitrogens is 2. The zero-order valence-corrected chi connectivity index (χ0v) is 13.4. The lowest BCUT2D eigenvalue weighted by atomic mass is 10.1. The van der Waals surface area contributed by atoms with Gasteiger partial charge < -0.3 is 0 Å². The fraction of sp³-hybridized carbons (Fsp3) is 0.105. The Bertz CT molecular complexity index is 819. The first-order valence-corrected chi connectivity index (χ1v) is 7.70. The van der Waals surface area contributed by atoms with Crippen molar-refractivity contribution in [3.8, 4) is 0 Å². The number of benzene rings is 2. The Hall–Kier alpha value is -3.21. The van der Waals surface area contributed by atoms with Crippen molar-refractivity contribution in [2.75, 3.05) is 5.43 Å². The van der Waals surface area contributed by atoms with Crippen LogP contribution in [0.25, 0.3) is 0 Å². The summed E-state index contributed by atoms with van der Waals surface area (Å²) in [6.07, 6.45) is 0.643. The molecule has 0 aliphatic heterocycles. The number of rotatable bonds is 5. The fourth-order valence-electron chi connectivity index (χ4n) is 2.33. The molecule has 0 atom stereocenters. The minimum absolute atomic E-state index is 0.212. The zero-order valence-electron chi connectivity index (χ0n) is 13.4. The van der Waals surface area contributed by atoms with Crippen molar-refractivity contribution >= 4 is 11.7 Å². The summed E-state index contributed by atoms with van der Waals surface area (Å²) < 4.78 is 0. The molecule has 0 aliphatic rings. The van der Waals surface area contributed by atoms with Gasteiger partial charge in [0.25, 0.3) is 5.91 Å². The van der Waals surface area contributed by atoms with Crippen LogP contribution in [0.1, 0.15) is 27.4 Å². The molecule has 0 spiro atoms. The van der Waals surface area contributed by atoms with Crippen molar-refractivity contribution < 1.29 is 4.79 Å². The Labute approximate surface area is 140 Å². The van der Waals surface area contributed by atoms with Gasteiger partial charge in [-0.15, -0.1) is 0 Å². The number of nitrogens with zero attached hydrogens (tertiary/aromatic N) is 2. The second-order valence-electron chi connectivity index (χ2n) is 5.42. The molecular weight excluding hydrogens is 300 g/mol. The number of nitrogens with one attached hydrogen (secondary N) is 2. The highest BCUT2D eigenvalue weighted by Gasteiger charge is 2.06. The monoisotopic (exact) mass is 318 g/mol. The third-order valence-electron chi connectivity index (χ3n) is 3.45. The lowest BCUT2D eigenvalue weighted by molar-refractivity contribution is 0.0962. The summed E-state index contributed by atoms with van der Waals surface area (Å²) in [6, 6.07) is 20.8. The van der Waals surface area contributed by atoms with E-state index in [9.17, 15) is 4.79 Å². The molecule has 24 heavy (non-hydrogen) atoms. The number of hydrogen-bond acceptors (Lipinski definition) is 4. The number of hydrogen-bond donors (Lipinski definition) is 2. The first-order valence-electron chi connectivity index (χ1n) is 7.70. The summed E-state index contributed by atoms with van der Waals surface area (Å²) in [5, 5.41) is 0. The van der Waals surface area contributed by atoms with Crippen LogP contribution in [-0.2, 0) is 6.42 Å². The molecule has 1 heterocycles. The summed E-state index contributed by atoms with van der Waals surface area (Å²) in [5.41, 5.74) is 8.08. The predicted octanol–water partition coefficient (Wildman–Crippen LogP) is 3.13. The summed E-state index contributed by atoms with van der Waals surface area (Å²) in [4.78, 5) is 21.0. The van der Waals surface area contributed by atoms with Gasteiger partial charge in [0.05, 0.1) is 0 Å². The molecule has 3 aromatic rings. The summed E-state index contributed by atoms with van der Waals surface area (Å²) in [7, 11) is 0. The highest BCUT2D eigenvalue weighted by molar-refractivity contribution is 5.94. The molecule has 120 valence electrons. The van der Waals surface area contributed by atoms with Gasteiger partial charge in [-0.25, -0.2) is 9.97 Å². The predicted molar refractivity (Wildman–Crippen MR) is 93.5 cm³/mol. The molecule has 2 aromatic carbocycles. The maximum atomic E-state index is 12.1. The Morgan fingerprint density at radius 1 is 0.958 bits per heavy atom. The van der Waals surface area contributed by atoms with Crippen LogP contribution in [-0.4, -0.2) is 15.9 Å². The lowest BCUT2D eigenvalue weighted by Gasteiger charge is -2.10. The van der Waals surface area contributed by atoms with Crippen LogP contribution in [0.5, 0.6) is 0 Å². The number of aryl methyl sites for hydroxylation is 1. The van der Waals surface area contributed by atoms with Crippen molar-refractivity contribution in [2.24, 2.45) is 0 Å². The van der Waals surface area contributed by atoms with Gasteiger partial charge in [0.15, 0.2) is 0 Å². The normalized spacial score (nSPS) is 10.2. The third kappa shape index (κ3) is 4.16. The summed E-state index contributed by atoms with van der Waals surface area (Å²) in [6.45, 7) is 1.90. The molecule has 1 aromatic heterocycles. The Morgan fingerprint density at radius 3 is 2.33 bits per heavy atom. The van der Waals surface area contributed by atoms with Crippen molar-refractivity contribution in [3.05, 3.63) is 89.4 Å². The van der Waals surface area contributed by atoms with E-state index < -0.39 is 0 Å². The van der Waals surface area contributed by atoms with E-state index >= 15 is 0 Å². The number of anilines is 1. The minimum Gasteiger partial charge on any atom is -0.281 e. The number of hydrazine groups is 1. The molecule has 0 saturated heterocycles. The first-order chi connectivity index (χ1) is 11.7. The van der Waals surface area contributed by atoms with Crippen molar-refractivity contribution in [2.45, 2.75) is 13.3 Å². The Kier molecular flexibility index (Phi) is 4.81. The average Bonchev–Trinajstić information content (AvgIpc) is 2.61. The minimum atomic E-state index is -0.212. The molecule has 0 bridgehead atoms. The molecule has 0 radical (unpaired) electrons. The molecule has 0 aliphatic carbocycles. The molecule has 0 unspecified atom stereocenters. The van der Waals surface area contributed by atoms with Crippen molar-refractivity contribution in [3.63, 3.8) is 0 Å². The quantitative estimate of drug-likeness (QED) is 0.709. The van der Waals surface area contributed by atoms with E-state index in [-0.39, 0.29) is 5.91 Å². The van der Waals surface area contributed by atoms with E-state index in [1.54, 1.807) is 18.2 Å². The Morgan fingerprint density at radius 2 is 1.62 bits per heavy atom. The maximum Gasteiger partial charge on any atom is 0.269 e. The largest absolute Gasteiger partial charge is 0.281 e. The topological polar surface area (TPSA) is 66.9 Å². The zero-order chi connectivity index (χ0) is 16.8. The standard InChI is InChI=1S/C19H18N4O/c1-14-12-18(22-23-19(24)16-10-6-3-7-11-16)21-17(20-14)13-15-8-4-2-5-9-15/h2-12H,13H2,1H3,(H,23,24)(H,20,21,22). The van der Waals surface area contributed by atoms with Crippen LogP contribution >= 0.6 is 0 Å². The van der Waals surface area contributed by atoms with Crippen LogP contribution in [0.15, 0.2) is 66.7 Å². The molecule has 5 nitrogen and oxygen atoms in total. The van der Waals surface area contributed by atoms with Gasteiger partial charge in [0.2, 0.25) is 0 Å². The third-order valence-corrected chi connectivity index (χ3v) is 3.45. The summed E-state index contributed by atoms with van der Waals surface area (Å²) in [5.74, 6) is 1.06. The highest BCUT2D eigenvalue weighted by atomic mass is 16.2. The molecule has 1 amide bonds. The number of carbonyl (C=O) groups excluding carboxylic acids is 1. The first kappa shape index (κ1) is 15.7. The Balaban J connectivity index is 1.69. The second-order valence-corrected chi connectivity index (χ2v) is 5.42. The molecule has 0 saturated carbocycles. The maximum absolute atomic E-state index is 12.1. The average molecular weight is 318 g/mol. The van der Waals surface area contributed by atoms with Crippen LogP contribution in [0, 0.1) is 6.92 Å². The van der Waals surface area contributed by atoms with Crippen LogP contribution in [0.2, 0.25) is 0 Å². The second kappa shape index (κ2) is 7.37. The molecule has 2 N–H and O–H groups in total. The number of amides is 1. The van der Waals surface area contributed by atoms with Crippen LogP contribution in [0.3, 0.4) is 0 Å². The van der Waals surface area contributed by atoms with Crippen LogP contribution in [0.4, 0.5) is 5.82 Å².